The average Bonchev–Trinajstić information content (AvgIpc) is 3.20. The summed E-state index contributed by atoms with van der Waals surface area (Å²) >= 11 is 0. The molecule has 1 N–H and O–H groups in total. The Morgan fingerprint density at radius 2 is 1.67 bits per heavy atom. The van der Waals surface area contributed by atoms with Gasteiger partial charge >= 0.3 is 6.09 Å². The number of rotatable bonds is 4. The Kier molecular flexibility index (Phi) is 6.27. The highest BCUT2D eigenvalue weighted by Gasteiger charge is 2.28. The third-order valence-corrected chi connectivity index (χ3v) is 6.12. The van der Waals surface area contributed by atoms with Crippen molar-refractivity contribution < 1.29 is 14.3 Å². The molecule has 1 heterocycles. The Labute approximate surface area is 194 Å². The van der Waals surface area contributed by atoms with Gasteiger partial charge in [-0.25, -0.2) is 4.79 Å². The van der Waals surface area contributed by atoms with Crippen LogP contribution >= 0.6 is 0 Å². The summed E-state index contributed by atoms with van der Waals surface area (Å²) in [6.07, 6.45) is -0.451. The number of carbonyl (C=O) groups is 1. The molecule has 1 aliphatic carbocycles. The molecule has 0 unspecified atom stereocenters. The fourth-order valence-electron chi connectivity index (χ4n) is 4.51. The number of alkyl carbamates (subject to hydrolysis) is 1. The minimum atomic E-state index is -0.451. The quantitative estimate of drug-likeness (QED) is 0.613. The summed E-state index contributed by atoms with van der Waals surface area (Å²) < 4.78 is 11.0. The van der Waals surface area contributed by atoms with E-state index >= 15 is 0 Å². The molecule has 3 aromatic rings. The summed E-state index contributed by atoms with van der Waals surface area (Å²) in [7, 11) is 0. The third-order valence-electron chi connectivity index (χ3n) is 6.12. The van der Waals surface area contributed by atoms with Gasteiger partial charge in [0, 0.05) is 30.3 Å². The lowest BCUT2D eigenvalue weighted by Gasteiger charge is -2.28. The van der Waals surface area contributed by atoms with Crippen LogP contribution in [0.4, 0.5) is 10.5 Å². The summed E-state index contributed by atoms with van der Waals surface area (Å²) in [4.78, 5) is 14.6. The van der Waals surface area contributed by atoms with E-state index in [1.54, 1.807) is 0 Å². The van der Waals surface area contributed by atoms with Crippen molar-refractivity contribution in [2.75, 3.05) is 44.4 Å². The van der Waals surface area contributed by atoms with E-state index in [0.717, 1.165) is 37.6 Å². The molecular weight excluding hydrogens is 412 g/mol. The van der Waals surface area contributed by atoms with E-state index in [4.69, 9.17) is 9.47 Å². The summed E-state index contributed by atoms with van der Waals surface area (Å²) in [5.74, 6) is 6.19. The Hall–Kier alpha value is -3.75. The summed E-state index contributed by atoms with van der Waals surface area (Å²) in [6, 6.07) is 24.8. The molecular formula is C28H26N2O3. The van der Waals surface area contributed by atoms with Gasteiger partial charge in [-0.3, -0.25) is 0 Å². The van der Waals surface area contributed by atoms with E-state index in [0.29, 0.717) is 6.61 Å². The van der Waals surface area contributed by atoms with Crippen LogP contribution in [0, 0.1) is 11.8 Å². The SMILES string of the molecule is O=C(NCC#Cc1cccc(N2CCOCC2)c1)OCC1c2ccccc2-c2ccccc21. The van der Waals surface area contributed by atoms with E-state index in [1.165, 1.54) is 22.3 Å². The van der Waals surface area contributed by atoms with Crippen molar-refractivity contribution in [3.05, 3.63) is 89.5 Å². The highest BCUT2D eigenvalue weighted by atomic mass is 16.5. The second kappa shape index (κ2) is 9.81. The highest BCUT2D eigenvalue weighted by molar-refractivity contribution is 5.79. The number of carbonyl (C=O) groups excluding carboxylic acids is 1. The number of ether oxygens (including phenoxy) is 2. The number of hydrogen-bond donors (Lipinski definition) is 1. The molecule has 0 spiro atoms. The number of amides is 1. The Balaban J connectivity index is 1.15. The van der Waals surface area contributed by atoms with Gasteiger partial charge in [0.1, 0.15) is 6.61 Å². The van der Waals surface area contributed by atoms with Crippen LogP contribution in [-0.2, 0) is 9.47 Å². The fraction of sp³-hybridized carbons (Fsp3) is 0.250. The fourth-order valence-corrected chi connectivity index (χ4v) is 4.51. The smallest absolute Gasteiger partial charge is 0.407 e. The molecule has 0 radical (unpaired) electrons. The van der Waals surface area contributed by atoms with Crippen molar-refractivity contribution in [3.63, 3.8) is 0 Å². The summed E-state index contributed by atoms with van der Waals surface area (Å²) in [5, 5.41) is 2.74. The van der Waals surface area contributed by atoms with Crippen molar-refractivity contribution in [2.24, 2.45) is 0 Å². The molecule has 0 bridgehead atoms. The molecule has 2 aliphatic rings. The second-order valence-electron chi connectivity index (χ2n) is 8.13. The molecule has 166 valence electrons. The molecule has 5 nitrogen and oxygen atoms in total. The zero-order chi connectivity index (χ0) is 22.5. The average molecular weight is 439 g/mol. The minimum absolute atomic E-state index is 0.0529. The first kappa shape index (κ1) is 21.1. The maximum absolute atomic E-state index is 12.3. The molecule has 1 amide bonds. The molecule has 5 heteroatoms. The topological polar surface area (TPSA) is 50.8 Å². The second-order valence-corrected chi connectivity index (χ2v) is 8.13. The monoisotopic (exact) mass is 438 g/mol. The van der Waals surface area contributed by atoms with Crippen LogP contribution < -0.4 is 10.2 Å². The van der Waals surface area contributed by atoms with Crippen LogP contribution in [0.2, 0.25) is 0 Å². The van der Waals surface area contributed by atoms with Crippen LogP contribution in [0.15, 0.2) is 72.8 Å². The van der Waals surface area contributed by atoms with Gasteiger partial charge in [-0.1, -0.05) is 66.4 Å². The lowest BCUT2D eigenvalue weighted by Crippen LogP contribution is -2.36. The van der Waals surface area contributed by atoms with Gasteiger partial charge in [0.25, 0.3) is 0 Å². The molecule has 0 aromatic heterocycles. The van der Waals surface area contributed by atoms with Gasteiger partial charge in [-0.05, 0) is 40.5 Å². The predicted molar refractivity (Wildman–Crippen MR) is 129 cm³/mol. The lowest BCUT2D eigenvalue weighted by molar-refractivity contribution is 0.122. The largest absolute Gasteiger partial charge is 0.449 e. The van der Waals surface area contributed by atoms with Crippen LogP contribution in [0.1, 0.15) is 22.6 Å². The first-order valence-corrected chi connectivity index (χ1v) is 11.3. The van der Waals surface area contributed by atoms with Crippen molar-refractivity contribution in [1.82, 2.24) is 5.32 Å². The number of anilines is 1. The van der Waals surface area contributed by atoms with Crippen LogP contribution in [0.25, 0.3) is 11.1 Å². The highest BCUT2D eigenvalue weighted by Crippen LogP contribution is 2.44. The van der Waals surface area contributed by atoms with Gasteiger partial charge in [-0.15, -0.1) is 0 Å². The molecule has 0 saturated carbocycles. The Morgan fingerprint density at radius 3 is 2.39 bits per heavy atom. The number of fused-ring (bicyclic) bond motifs is 3. The third kappa shape index (κ3) is 4.72. The molecule has 0 atom stereocenters. The lowest BCUT2D eigenvalue weighted by atomic mass is 9.98. The molecule has 3 aromatic carbocycles. The maximum atomic E-state index is 12.3. The van der Waals surface area contributed by atoms with Crippen LogP contribution in [0.5, 0.6) is 0 Å². The van der Waals surface area contributed by atoms with E-state index in [9.17, 15) is 4.79 Å². The minimum Gasteiger partial charge on any atom is -0.449 e. The van der Waals surface area contributed by atoms with Crippen molar-refractivity contribution in [3.8, 4) is 23.0 Å². The number of morpholine rings is 1. The zero-order valence-corrected chi connectivity index (χ0v) is 18.4. The number of nitrogens with one attached hydrogen (secondary N) is 1. The van der Waals surface area contributed by atoms with Gasteiger partial charge in [0.2, 0.25) is 0 Å². The van der Waals surface area contributed by atoms with Crippen molar-refractivity contribution >= 4 is 11.8 Å². The predicted octanol–water partition coefficient (Wildman–Crippen LogP) is 4.41. The van der Waals surface area contributed by atoms with E-state index < -0.39 is 6.09 Å². The standard InChI is InChI=1S/C28H26N2O3/c31-28(29-14-6-8-21-7-5-9-22(19-21)30-15-17-32-18-16-30)33-20-27-25-12-3-1-10-23(25)24-11-2-4-13-26(24)27/h1-5,7,9-13,19,27H,14-18,20H2,(H,29,31). The first-order chi connectivity index (χ1) is 16.3. The van der Waals surface area contributed by atoms with Crippen LogP contribution in [0.3, 0.4) is 0 Å². The van der Waals surface area contributed by atoms with Gasteiger partial charge in [0.05, 0.1) is 19.8 Å². The maximum Gasteiger partial charge on any atom is 0.407 e. The molecule has 33 heavy (non-hydrogen) atoms. The van der Waals surface area contributed by atoms with Gasteiger partial charge in [-0.2, -0.15) is 0 Å². The first-order valence-electron chi connectivity index (χ1n) is 11.3. The summed E-state index contributed by atoms with van der Waals surface area (Å²) in [5.41, 5.74) is 6.90. The zero-order valence-electron chi connectivity index (χ0n) is 18.4. The Bertz CT molecular complexity index is 1160. The van der Waals surface area contributed by atoms with E-state index in [2.05, 4.69) is 58.5 Å². The van der Waals surface area contributed by atoms with Gasteiger partial charge in [0.15, 0.2) is 0 Å². The molecule has 1 aliphatic heterocycles. The van der Waals surface area contributed by atoms with E-state index in [1.807, 2.05) is 36.4 Å². The number of nitrogens with zero attached hydrogens (tertiary/aromatic N) is 1. The van der Waals surface area contributed by atoms with Gasteiger partial charge < -0.3 is 19.7 Å². The molecule has 5 rings (SSSR count). The normalized spacial score (nSPS) is 14.6. The number of benzene rings is 3. The van der Waals surface area contributed by atoms with Crippen molar-refractivity contribution in [1.29, 1.82) is 0 Å². The van der Waals surface area contributed by atoms with Crippen LogP contribution in [-0.4, -0.2) is 45.5 Å². The molecule has 1 saturated heterocycles. The van der Waals surface area contributed by atoms with E-state index in [-0.39, 0.29) is 12.5 Å². The summed E-state index contributed by atoms with van der Waals surface area (Å²) in [6.45, 7) is 3.81. The molecule has 1 fully saturated rings. The number of hydrogen-bond acceptors (Lipinski definition) is 4. The van der Waals surface area contributed by atoms with Crippen molar-refractivity contribution in [2.45, 2.75) is 5.92 Å². The Morgan fingerprint density at radius 1 is 0.970 bits per heavy atom.